The van der Waals surface area contributed by atoms with Crippen molar-refractivity contribution in [1.29, 1.82) is 0 Å². The van der Waals surface area contributed by atoms with Gasteiger partial charge in [0.15, 0.2) is 0 Å². The van der Waals surface area contributed by atoms with E-state index >= 15 is 0 Å². The molecule has 0 aliphatic heterocycles. The fraction of sp³-hybridized carbons (Fsp3) is 0.750. The molecule has 0 bridgehead atoms. The molecule has 1 heterocycles. The summed E-state index contributed by atoms with van der Waals surface area (Å²) in [5.74, 6) is -0.212. The highest BCUT2D eigenvalue weighted by Gasteiger charge is 2.26. The van der Waals surface area contributed by atoms with Gasteiger partial charge in [-0.1, -0.05) is 23.2 Å². The molecule has 2 rings (SSSR count). The van der Waals surface area contributed by atoms with Gasteiger partial charge in [-0.2, -0.15) is 0 Å². The predicted molar refractivity (Wildman–Crippen MR) is 63.7 cm³/mol. The van der Waals surface area contributed by atoms with Crippen LogP contribution in [0.5, 0.6) is 0 Å². The largest absolute Gasteiger partial charge is 0.468 e. The summed E-state index contributed by atoms with van der Waals surface area (Å²) < 4.78 is 9.45. The van der Waals surface area contributed by atoms with Crippen molar-refractivity contribution >= 4 is 5.97 Å². The second kappa shape index (κ2) is 5.95. The highest BCUT2D eigenvalue weighted by molar-refractivity contribution is 5.71. The zero-order valence-electron chi connectivity index (χ0n) is 10.9. The van der Waals surface area contributed by atoms with E-state index in [1.54, 1.807) is 0 Å². The predicted octanol–water partition coefficient (Wildman–Crippen LogP) is 1.30. The summed E-state index contributed by atoms with van der Waals surface area (Å²) in [6.45, 7) is 2.75. The van der Waals surface area contributed by atoms with Crippen LogP contribution in [0.2, 0.25) is 0 Å². The fourth-order valence-electron chi connectivity index (χ4n) is 2.40. The minimum atomic E-state index is -0.212. The maximum atomic E-state index is 11.5. The van der Waals surface area contributed by atoms with E-state index in [2.05, 4.69) is 15.2 Å². The van der Waals surface area contributed by atoms with Crippen molar-refractivity contribution in [1.82, 2.24) is 15.2 Å². The zero-order valence-corrected chi connectivity index (χ0v) is 10.9. The summed E-state index contributed by atoms with van der Waals surface area (Å²) in [7, 11) is 1.41. The lowest BCUT2D eigenvalue weighted by molar-refractivity contribution is -0.142. The Morgan fingerprint density at radius 1 is 1.44 bits per heavy atom. The Balaban J connectivity index is 2.04. The molecule has 0 N–H and O–H groups in total. The Labute approximate surface area is 106 Å². The molecule has 1 aliphatic carbocycles. The molecular formula is C12H19N3O3. The number of esters is 1. The summed E-state index contributed by atoms with van der Waals surface area (Å²) >= 11 is 0. The summed E-state index contributed by atoms with van der Waals surface area (Å²) in [5.41, 5.74) is 1.58. The topological polar surface area (TPSA) is 68.5 Å². The summed E-state index contributed by atoms with van der Waals surface area (Å²) in [6.07, 6.45) is 4.69. The van der Waals surface area contributed by atoms with Crippen LogP contribution in [0.4, 0.5) is 0 Å². The second-order valence-electron chi connectivity index (χ2n) is 4.72. The third-order valence-corrected chi connectivity index (χ3v) is 3.50. The van der Waals surface area contributed by atoms with E-state index < -0.39 is 0 Å². The molecule has 6 nitrogen and oxygen atoms in total. The minimum Gasteiger partial charge on any atom is -0.468 e. The number of carbonyl (C=O) groups excluding carboxylic acids is 1. The van der Waals surface area contributed by atoms with Crippen molar-refractivity contribution in [2.45, 2.75) is 45.2 Å². The maximum absolute atomic E-state index is 11.5. The van der Waals surface area contributed by atoms with Gasteiger partial charge in [-0.3, -0.25) is 9.69 Å². The number of methoxy groups -OCH3 is 1. The first-order valence-electron chi connectivity index (χ1n) is 6.29. The molecule has 1 fully saturated rings. The smallest absolute Gasteiger partial charge is 0.319 e. The van der Waals surface area contributed by atoms with Gasteiger partial charge in [0.05, 0.1) is 13.7 Å². The van der Waals surface area contributed by atoms with Crippen LogP contribution >= 0.6 is 0 Å². The van der Waals surface area contributed by atoms with Crippen molar-refractivity contribution in [3.05, 3.63) is 11.4 Å². The van der Waals surface area contributed by atoms with Crippen molar-refractivity contribution in [3.63, 3.8) is 0 Å². The Kier molecular flexibility index (Phi) is 4.30. The molecule has 1 aromatic rings. The number of ether oxygens (including phenoxy) is 1. The fourth-order valence-corrected chi connectivity index (χ4v) is 2.40. The van der Waals surface area contributed by atoms with Gasteiger partial charge < -0.3 is 4.74 Å². The highest BCUT2D eigenvalue weighted by atomic mass is 16.6. The molecular weight excluding hydrogens is 234 g/mol. The Bertz CT molecular complexity index is 399. The number of hydrogen-bond acceptors (Lipinski definition) is 6. The van der Waals surface area contributed by atoms with Crippen molar-refractivity contribution in [3.8, 4) is 0 Å². The van der Waals surface area contributed by atoms with Crippen LogP contribution in [0.1, 0.15) is 37.1 Å². The normalized spacial score (nSPS) is 16.4. The summed E-state index contributed by atoms with van der Waals surface area (Å²) in [6, 6.07) is 0.431. The first kappa shape index (κ1) is 13.0. The van der Waals surface area contributed by atoms with Crippen LogP contribution in [0, 0.1) is 6.92 Å². The van der Waals surface area contributed by atoms with Crippen molar-refractivity contribution in [2.24, 2.45) is 0 Å². The molecule has 0 saturated heterocycles. The lowest BCUT2D eigenvalue weighted by Crippen LogP contribution is -2.37. The van der Waals surface area contributed by atoms with Gasteiger partial charge in [0.1, 0.15) is 11.4 Å². The van der Waals surface area contributed by atoms with E-state index in [4.69, 9.17) is 9.37 Å². The van der Waals surface area contributed by atoms with E-state index in [0.29, 0.717) is 19.1 Å². The van der Waals surface area contributed by atoms with Crippen molar-refractivity contribution in [2.75, 3.05) is 13.7 Å². The van der Waals surface area contributed by atoms with E-state index in [9.17, 15) is 4.79 Å². The van der Waals surface area contributed by atoms with Gasteiger partial charge >= 0.3 is 5.97 Å². The molecule has 1 aliphatic rings. The van der Waals surface area contributed by atoms with Crippen LogP contribution < -0.4 is 0 Å². The molecule has 18 heavy (non-hydrogen) atoms. The third-order valence-electron chi connectivity index (χ3n) is 3.50. The van der Waals surface area contributed by atoms with Gasteiger partial charge in [-0.05, 0) is 19.8 Å². The average molecular weight is 253 g/mol. The van der Waals surface area contributed by atoms with Crippen LogP contribution in [0.25, 0.3) is 0 Å². The van der Waals surface area contributed by atoms with Gasteiger partial charge in [-0.25, -0.2) is 4.63 Å². The molecule has 6 heteroatoms. The molecule has 1 saturated carbocycles. The van der Waals surface area contributed by atoms with E-state index in [-0.39, 0.29) is 5.97 Å². The Hall–Kier alpha value is -1.43. The molecule has 0 radical (unpaired) electrons. The molecule has 0 amide bonds. The number of aryl methyl sites for hydroxylation is 1. The summed E-state index contributed by atoms with van der Waals surface area (Å²) in [5, 5.41) is 7.65. The molecule has 0 spiro atoms. The van der Waals surface area contributed by atoms with E-state index in [1.165, 1.54) is 20.0 Å². The molecule has 100 valence electrons. The molecule has 0 aromatic carbocycles. The Morgan fingerprint density at radius 2 is 2.17 bits per heavy atom. The van der Waals surface area contributed by atoms with Gasteiger partial charge in [0.25, 0.3) is 0 Å². The third kappa shape index (κ3) is 3.07. The number of rotatable bonds is 5. The van der Waals surface area contributed by atoms with Crippen LogP contribution in [0.3, 0.4) is 0 Å². The molecule has 1 aromatic heterocycles. The first-order chi connectivity index (χ1) is 8.70. The van der Waals surface area contributed by atoms with Crippen molar-refractivity contribution < 1.29 is 14.2 Å². The summed E-state index contributed by atoms with van der Waals surface area (Å²) in [4.78, 5) is 13.6. The first-order valence-corrected chi connectivity index (χ1v) is 6.29. The lowest BCUT2D eigenvalue weighted by atomic mass is 10.2. The van der Waals surface area contributed by atoms with Gasteiger partial charge in [0.2, 0.25) is 0 Å². The monoisotopic (exact) mass is 253 g/mol. The maximum Gasteiger partial charge on any atom is 0.319 e. The molecule has 0 atom stereocenters. The standard InChI is InChI=1S/C12H19N3O3/c1-9-11(14-18-13-9)7-15(8-12(16)17-2)10-5-3-4-6-10/h10H,3-8H2,1-2H3. The SMILES string of the molecule is COC(=O)CN(Cc1nonc1C)C1CCCC1. The van der Waals surface area contributed by atoms with Crippen LogP contribution in [-0.4, -0.2) is 40.9 Å². The lowest BCUT2D eigenvalue weighted by Gasteiger charge is -2.26. The van der Waals surface area contributed by atoms with Gasteiger partial charge in [0, 0.05) is 12.6 Å². The number of nitrogens with zero attached hydrogens (tertiary/aromatic N) is 3. The van der Waals surface area contributed by atoms with Crippen LogP contribution in [-0.2, 0) is 16.1 Å². The highest BCUT2D eigenvalue weighted by Crippen LogP contribution is 2.24. The number of hydrogen-bond donors (Lipinski definition) is 0. The zero-order chi connectivity index (χ0) is 13.0. The second-order valence-corrected chi connectivity index (χ2v) is 4.72. The van der Waals surface area contributed by atoms with Crippen LogP contribution in [0.15, 0.2) is 4.63 Å². The number of carbonyl (C=O) groups is 1. The van der Waals surface area contributed by atoms with E-state index in [1.807, 2.05) is 6.92 Å². The Morgan fingerprint density at radius 3 is 2.72 bits per heavy atom. The average Bonchev–Trinajstić information content (AvgIpc) is 3.00. The van der Waals surface area contributed by atoms with E-state index in [0.717, 1.165) is 24.2 Å². The number of aromatic nitrogens is 2. The quantitative estimate of drug-likeness (QED) is 0.737. The van der Waals surface area contributed by atoms with Gasteiger partial charge in [-0.15, -0.1) is 0 Å². The minimum absolute atomic E-state index is 0.212. The molecule has 0 unspecified atom stereocenters.